The smallest absolute Gasteiger partial charge is 0.358 e. The number of benzene rings is 1. The Hall–Kier alpha value is -3.62. The second-order valence-electron chi connectivity index (χ2n) is 5.64. The van der Waals surface area contributed by atoms with Crippen LogP contribution in [0.1, 0.15) is 42.5 Å². The zero-order chi connectivity index (χ0) is 20.8. The molecule has 0 bridgehead atoms. The van der Waals surface area contributed by atoms with Crippen molar-refractivity contribution in [2.24, 2.45) is 0 Å². The summed E-state index contributed by atoms with van der Waals surface area (Å²) in [5.41, 5.74) is -0.809. The first-order valence-corrected chi connectivity index (χ1v) is 8.12. The minimum atomic E-state index is -1.55. The molecule has 0 saturated carbocycles. The number of nitrogens with zero attached hydrogens (tertiary/aromatic N) is 1. The van der Waals surface area contributed by atoms with E-state index in [9.17, 15) is 24.6 Å². The lowest BCUT2D eigenvalue weighted by Gasteiger charge is -2.14. The predicted octanol–water partition coefficient (Wildman–Crippen LogP) is 1.85. The zero-order valence-electron chi connectivity index (χ0n) is 15.5. The number of ether oxygens (including phenoxy) is 3. The van der Waals surface area contributed by atoms with Gasteiger partial charge in [-0.05, 0) is 30.5 Å². The number of pyridine rings is 1. The molecule has 0 amide bonds. The standard InChI is InChI=1S/C19H19NO8/c1-26-11-7-4-10(5-8-11)6-9-12-13(18(24)27-2)14(19(25)28-3)16(21)15(20-12)17(22)23/h4-5,7-8,21H,6,9H2,1-3H3,(H,22,23). The van der Waals surface area contributed by atoms with Gasteiger partial charge in [0.2, 0.25) is 0 Å². The molecular formula is C19H19NO8. The van der Waals surface area contributed by atoms with E-state index in [1.807, 2.05) is 0 Å². The van der Waals surface area contributed by atoms with Crippen LogP contribution in [-0.2, 0) is 22.3 Å². The Morgan fingerprint density at radius 3 is 2.00 bits per heavy atom. The summed E-state index contributed by atoms with van der Waals surface area (Å²) in [6.45, 7) is 0. The van der Waals surface area contributed by atoms with Crippen molar-refractivity contribution < 1.29 is 38.8 Å². The van der Waals surface area contributed by atoms with Gasteiger partial charge in [0.25, 0.3) is 0 Å². The van der Waals surface area contributed by atoms with Crippen LogP contribution in [0.4, 0.5) is 0 Å². The van der Waals surface area contributed by atoms with Gasteiger partial charge in [0, 0.05) is 0 Å². The minimum Gasteiger partial charge on any atom is -0.505 e. The lowest BCUT2D eigenvalue weighted by atomic mass is 9.98. The largest absolute Gasteiger partial charge is 0.505 e. The molecule has 2 rings (SSSR count). The van der Waals surface area contributed by atoms with Crippen LogP contribution in [-0.4, -0.2) is 54.4 Å². The van der Waals surface area contributed by atoms with Gasteiger partial charge in [-0.3, -0.25) is 0 Å². The summed E-state index contributed by atoms with van der Waals surface area (Å²) in [4.78, 5) is 39.7. The number of carboxylic acids is 1. The molecule has 0 saturated heterocycles. The van der Waals surface area contributed by atoms with Gasteiger partial charge in [-0.15, -0.1) is 0 Å². The first-order valence-electron chi connectivity index (χ1n) is 8.12. The van der Waals surface area contributed by atoms with Gasteiger partial charge in [-0.1, -0.05) is 12.1 Å². The fraction of sp³-hybridized carbons (Fsp3) is 0.263. The molecule has 0 radical (unpaired) electrons. The zero-order valence-corrected chi connectivity index (χ0v) is 15.5. The Bertz CT molecular complexity index is 905. The fourth-order valence-corrected chi connectivity index (χ4v) is 2.63. The maximum Gasteiger partial charge on any atom is 0.358 e. The van der Waals surface area contributed by atoms with Crippen LogP contribution in [0.3, 0.4) is 0 Å². The van der Waals surface area contributed by atoms with Gasteiger partial charge in [0.15, 0.2) is 11.4 Å². The molecule has 2 N–H and O–H groups in total. The topological polar surface area (TPSA) is 132 Å². The summed E-state index contributed by atoms with van der Waals surface area (Å²) in [5.74, 6) is -3.85. The number of aromatic hydroxyl groups is 1. The SMILES string of the molecule is COC(=O)c1c(CCc2ccc(OC)cc2)nc(C(=O)O)c(O)c1C(=O)OC. The first kappa shape index (κ1) is 20.7. The second kappa shape index (κ2) is 8.85. The lowest BCUT2D eigenvalue weighted by molar-refractivity contribution is 0.0548. The summed E-state index contributed by atoms with van der Waals surface area (Å²) in [5, 5.41) is 19.5. The molecule has 2 aromatic rings. The predicted molar refractivity (Wildman–Crippen MR) is 95.9 cm³/mol. The van der Waals surface area contributed by atoms with E-state index in [0.29, 0.717) is 12.2 Å². The van der Waals surface area contributed by atoms with E-state index >= 15 is 0 Å². The summed E-state index contributed by atoms with van der Waals surface area (Å²) in [7, 11) is 3.68. The molecule has 9 heteroatoms. The molecule has 0 unspecified atom stereocenters. The molecule has 0 aliphatic heterocycles. The van der Waals surface area contributed by atoms with Crippen molar-refractivity contribution in [2.45, 2.75) is 12.8 Å². The number of rotatable bonds is 7. The molecule has 0 atom stereocenters. The van der Waals surface area contributed by atoms with Crippen LogP contribution >= 0.6 is 0 Å². The van der Waals surface area contributed by atoms with Gasteiger partial charge >= 0.3 is 17.9 Å². The third-order valence-electron chi connectivity index (χ3n) is 4.04. The molecule has 0 fully saturated rings. The van der Waals surface area contributed by atoms with Gasteiger partial charge in [-0.2, -0.15) is 0 Å². The van der Waals surface area contributed by atoms with Gasteiger partial charge < -0.3 is 24.4 Å². The lowest BCUT2D eigenvalue weighted by Crippen LogP contribution is -2.20. The molecule has 0 aliphatic rings. The molecule has 148 valence electrons. The Kier molecular flexibility index (Phi) is 6.54. The van der Waals surface area contributed by atoms with Gasteiger partial charge in [0.1, 0.15) is 11.3 Å². The molecule has 1 aromatic carbocycles. The van der Waals surface area contributed by atoms with Gasteiger partial charge in [-0.25, -0.2) is 19.4 Å². The number of aryl methyl sites for hydroxylation is 2. The van der Waals surface area contributed by atoms with E-state index in [1.165, 1.54) is 0 Å². The van der Waals surface area contributed by atoms with E-state index in [1.54, 1.807) is 31.4 Å². The molecule has 0 spiro atoms. The molecule has 9 nitrogen and oxygen atoms in total. The Morgan fingerprint density at radius 1 is 0.929 bits per heavy atom. The number of hydrogen-bond donors (Lipinski definition) is 2. The van der Waals surface area contributed by atoms with Crippen LogP contribution in [0.25, 0.3) is 0 Å². The third kappa shape index (κ3) is 4.20. The van der Waals surface area contributed by atoms with E-state index in [4.69, 9.17) is 4.74 Å². The maximum atomic E-state index is 12.3. The quantitative estimate of drug-likeness (QED) is 0.681. The van der Waals surface area contributed by atoms with Crippen molar-refractivity contribution in [3.63, 3.8) is 0 Å². The van der Waals surface area contributed by atoms with Crippen LogP contribution in [0, 0.1) is 0 Å². The summed E-state index contributed by atoms with van der Waals surface area (Å²) in [6.07, 6.45) is 0.493. The average molecular weight is 389 g/mol. The summed E-state index contributed by atoms with van der Waals surface area (Å²) >= 11 is 0. The van der Waals surface area contributed by atoms with Crippen LogP contribution < -0.4 is 4.74 Å². The molecular weight excluding hydrogens is 370 g/mol. The van der Waals surface area contributed by atoms with Crippen LogP contribution in [0.5, 0.6) is 11.5 Å². The highest BCUT2D eigenvalue weighted by Gasteiger charge is 2.31. The number of aromatic carboxylic acids is 1. The number of aromatic nitrogens is 1. The highest BCUT2D eigenvalue weighted by atomic mass is 16.5. The summed E-state index contributed by atoms with van der Waals surface area (Å²) in [6, 6.07) is 7.11. The number of methoxy groups -OCH3 is 3. The maximum absolute atomic E-state index is 12.3. The summed E-state index contributed by atoms with van der Waals surface area (Å²) < 4.78 is 14.4. The van der Waals surface area contributed by atoms with E-state index in [0.717, 1.165) is 19.8 Å². The van der Waals surface area contributed by atoms with Crippen LogP contribution in [0.15, 0.2) is 24.3 Å². The monoisotopic (exact) mass is 389 g/mol. The Morgan fingerprint density at radius 2 is 1.50 bits per heavy atom. The normalized spacial score (nSPS) is 10.2. The van der Waals surface area contributed by atoms with Gasteiger partial charge in [0.05, 0.1) is 32.6 Å². The number of carbonyl (C=O) groups is 3. The Labute approximate surface area is 160 Å². The molecule has 28 heavy (non-hydrogen) atoms. The fourth-order valence-electron chi connectivity index (χ4n) is 2.63. The second-order valence-corrected chi connectivity index (χ2v) is 5.64. The van der Waals surface area contributed by atoms with Crippen LogP contribution in [0.2, 0.25) is 0 Å². The highest BCUT2D eigenvalue weighted by Crippen LogP contribution is 2.29. The molecule has 1 heterocycles. The third-order valence-corrected chi connectivity index (χ3v) is 4.04. The average Bonchev–Trinajstić information content (AvgIpc) is 2.71. The first-order chi connectivity index (χ1) is 13.3. The van der Waals surface area contributed by atoms with Crippen molar-refractivity contribution in [1.82, 2.24) is 4.98 Å². The van der Waals surface area contributed by atoms with Crippen molar-refractivity contribution >= 4 is 17.9 Å². The number of carbonyl (C=O) groups excluding carboxylic acids is 2. The number of esters is 2. The van der Waals surface area contributed by atoms with Crippen molar-refractivity contribution in [3.8, 4) is 11.5 Å². The molecule has 1 aromatic heterocycles. The van der Waals surface area contributed by atoms with Crippen molar-refractivity contribution in [3.05, 3.63) is 52.3 Å². The number of hydrogen-bond acceptors (Lipinski definition) is 8. The van der Waals surface area contributed by atoms with E-state index < -0.39 is 34.9 Å². The van der Waals surface area contributed by atoms with Crippen molar-refractivity contribution in [2.75, 3.05) is 21.3 Å². The van der Waals surface area contributed by atoms with Crippen molar-refractivity contribution in [1.29, 1.82) is 0 Å². The molecule has 0 aliphatic carbocycles. The minimum absolute atomic E-state index is 0.00160. The highest BCUT2D eigenvalue weighted by molar-refractivity contribution is 6.08. The Balaban J connectivity index is 2.55. The van der Waals surface area contributed by atoms with E-state index in [2.05, 4.69) is 14.5 Å². The van der Waals surface area contributed by atoms with E-state index in [-0.39, 0.29) is 17.7 Å². The number of carboxylic acid groups (broad SMARTS) is 1.